The molecule has 0 fully saturated rings. The predicted molar refractivity (Wildman–Crippen MR) is 55.7 cm³/mol. The fourth-order valence-electron chi connectivity index (χ4n) is 1.25. The summed E-state index contributed by atoms with van der Waals surface area (Å²) in [5.74, 6) is -0.107. The van der Waals surface area contributed by atoms with Gasteiger partial charge in [0.25, 0.3) is 6.43 Å². The van der Waals surface area contributed by atoms with E-state index in [1.54, 1.807) is 0 Å². The fraction of sp³-hybridized carbons (Fsp3) is 0.300. The van der Waals surface area contributed by atoms with Gasteiger partial charge in [-0.05, 0) is 35.0 Å². The quantitative estimate of drug-likeness (QED) is 0.790. The van der Waals surface area contributed by atoms with Gasteiger partial charge in [0, 0.05) is 11.1 Å². The van der Waals surface area contributed by atoms with Gasteiger partial charge < -0.3 is 4.74 Å². The van der Waals surface area contributed by atoms with E-state index in [0.29, 0.717) is 0 Å². The molecule has 82 valence electrons. The van der Waals surface area contributed by atoms with Crippen LogP contribution in [-0.2, 0) is 0 Å². The lowest BCUT2D eigenvalue weighted by molar-refractivity contribution is 0.0998. The molecule has 0 saturated heterocycles. The molecule has 0 unspecified atom stereocenters. The molecule has 0 bridgehead atoms. The van der Waals surface area contributed by atoms with Gasteiger partial charge in [0.05, 0.1) is 11.6 Å². The summed E-state index contributed by atoms with van der Waals surface area (Å²) < 4.78 is 30.5. The lowest BCUT2D eigenvalue weighted by Gasteiger charge is -2.11. The Kier molecular flexibility index (Phi) is 3.79. The van der Waals surface area contributed by atoms with Crippen LogP contribution in [0.1, 0.15) is 29.3 Å². The summed E-state index contributed by atoms with van der Waals surface area (Å²) in [5.41, 5.74) is -0.306. The average Bonchev–Trinajstić information content (AvgIpc) is 2.16. The fourth-order valence-corrected chi connectivity index (χ4v) is 1.93. The minimum absolute atomic E-state index is 0.0117. The first-order valence-corrected chi connectivity index (χ1v) is 4.93. The molecule has 0 aliphatic rings. The number of Topliss-reactive ketones (excluding diaryl/α,β-unsaturated/α-hetero) is 1. The molecule has 2 nitrogen and oxygen atoms in total. The monoisotopic (exact) mass is 278 g/mol. The van der Waals surface area contributed by atoms with E-state index in [2.05, 4.69) is 15.9 Å². The first kappa shape index (κ1) is 12.1. The van der Waals surface area contributed by atoms with Gasteiger partial charge in [-0.25, -0.2) is 8.78 Å². The van der Waals surface area contributed by atoms with Crippen LogP contribution >= 0.6 is 15.9 Å². The third-order valence-corrected chi connectivity index (χ3v) is 2.78. The van der Waals surface area contributed by atoms with Crippen LogP contribution in [0.2, 0.25) is 0 Å². The number of hydrogen-bond donors (Lipinski definition) is 0. The highest BCUT2D eigenvalue weighted by Crippen LogP contribution is 2.37. The van der Waals surface area contributed by atoms with Crippen molar-refractivity contribution >= 4 is 21.7 Å². The van der Waals surface area contributed by atoms with Crippen molar-refractivity contribution < 1.29 is 18.3 Å². The Balaban J connectivity index is 3.44. The van der Waals surface area contributed by atoms with E-state index >= 15 is 0 Å². The van der Waals surface area contributed by atoms with E-state index in [4.69, 9.17) is 4.74 Å². The second kappa shape index (κ2) is 4.70. The molecular formula is C10H9BrF2O2. The first-order valence-electron chi connectivity index (χ1n) is 4.14. The molecule has 0 aliphatic carbocycles. The topological polar surface area (TPSA) is 26.3 Å². The van der Waals surface area contributed by atoms with Crippen LogP contribution in [0.25, 0.3) is 0 Å². The lowest BCUT2D eigenvalue weighted by Crippen LogP contribution is -2.02. The second-order valence-corrected chi connectivity index (χ2v) is 3.69. The highest BCUT2D eigenvalue weighted by molar-refractivity contribution is 9.10. The number of ketones is 1. The van der Waals surface area contributed by atoms with Crippen LogP contribution in [-0.4, -0.2) is 12.9 Å². The van der Waals surface area contributed by atoms with Crippen molar-refractivity contribution in [2.75, 3.05) is 7.11 Å². The van der Waals surface area contributed by atoms with Crippen molar-refractivity contribution in [1.82, 2.24) is 0 Å². The van der Waals surface area contributed by atoms with Crippen LogP contribution in [0, 0.1) is 0 Å². The molecule has 5 heteroatoms. The zero-order valence-electron chi connectivity index (χ0n) is 8.18. The van der Waals surface area contributed by atoms with Crippen molar-refractivity contribution in [2.45, 2.75) is 13.3 Å². The Hall–Kier alpha value is -0.970. The number of hydrogen-bond acceptors (Lipinski definition) is 2. The van der Waals surface area contributed by atoms with Gasteiger partial charge in [-0.2, -0.15) is 0 Å². The molecule has 0 saturated carbocycles. The minimum Gasteiger partial charge on any atom is -0.496 e. The molecule has 0 aromatic heterocycles. The third-order valence-electron chi connectivity index (χ3n) is 1.96. The van der Waals surface area contributed by atoms with Crippen LogP contribution in [0.15, 0.2) is 16.6 Å². The summed E-state index contributed by atoms with van der Waals surface area (Å²) in [6.07, 6.45) is -2.71. The van der Waals surface area contributed by atoms with Crippen molar-refractivity contribution in [2.24, 2.45) is 0 Å². The molecule has 1 aromatic carbocycles. The van der Waals surface area contributed by atoms with Gasteiger partial charge in [0.2, 0.25) is 0 Å². The standard InChI is InChI=1S/C10H9BrF2O2/c1-5(14)6-3-4-7(15-2)9(11)8(6)10(12)13/h3-4,10H,1-2H3. The number of halogens is 3. The van der Waals surface area contributed by atoms with Crippen molar-refractivity contribution in [3.05, 3.63) is 27.7 Å². The van der Waals surface area contributed by atoms with E-state index < -0.39 is 12.2 Å². The maximum absolute atomic E-state index is 12.7. The van der Waals surface area contributed by atoms with E-state index in [-0.39, 0.29) is 21.3 Å². The highest BCUT2D eigenvalue weighted by atomic mass is 79.9. The van der Waals surface area contributed by atoms with Gasteiger partial charge in [-0.3, -0.25) is 4.79 Å². The Morgan fingerprint density at radius 1 is 1.47 bits per heavy atom. The molecule has 0 atom stereocenters. The van der Waals surface area contributed by atoms with Crippen molar-refractivity contribution in [3.8, 4) is 5.75 Å². The van der Waals surface area contributed by atoms with E-state index in [1.165, 1.54) is 26.2 Å². The van der Waals surface area contributed by atoms with E-state index in [1.807, 2.05) is 0 Å². The molecule has 0 heterocycles. The van der Waals surface area contributed by atoms with Crippen LogP contribution in [0.5, 0.6) is 5.75 Å². The smallest absolute Gasteiger partial charge is 0.265 e. The van der Waals surface area contributed by atoms with Crippen LogP contribution in [0.4, 0.5) is 8.78 Å². The number of ether oxygens (including phenoxy) is 1. The van der Waals surface area contributed by atoms with E-state index in [0.717, 1.165) is 0 Å². The largest absolute Gasteiger partial charge is 0.496 e. The van der Waals surface area contributed by atoms with Crippen molar-refractivity contribution in [3.63, 3.8) is 0 Å². The van der Waals surface area contributed by atoms with Crippen LogP contribution in [0.3, 0.4) is 0 Å². The zero-order chi connectivity index (χ0) is 11.6. The Bertz CT molecular complexity index is 391. The van der Waals surface area contributed by atoms with Crippen LogP contribution < -0.4 is 4.74 Å². The Labute approximate surface area is 94.4 Å². The maximum Gasteiger partial charge on any atom is 0.265 e. The number of benzene rings is 1. The maximum atomic E-state index is 12.7. The minimum atomic E-state index is -2.71. The SMILES string of the molecule is COc1ccc(C(C)=O)c(C(F)F)c1Br. The highest BCUT2D eigenvalue weighted by Gasteiger charge is 2.21. The Morgan fingerprint density at radius 3 is 2.47 bits per heavy atom. The summed E-state index contributed by atoms with van der Waals surface area (Å²) in [4.78, 5) is 11.1. The number of alkyl halides is 2. The lowest BCUT2D eigenvalue weighted by atomic mass is 10.0. The summed E-state index contributed by atoms with van der Waals surface area (Å²) >= 11 is 3.00. The second-order valence-electron chi connectivity index (χ2n) is 2.90. The van der Waals surface area contributed by atoms with E-state index in [9.17, 15) is 13.6 Å². The van der Waals surface area contributed by atoms with Crippen molar-refractivity contribution in [1.29, 1.82) is 0 Å². The van der Waals surface area contributed by atoms with Gasteiger partial charge in [0.15, 0.2) is 5.78 Å². The summed E-state index contributed by atoms with van der Waals surface area (Å²) in [7, 11) is 1.38. The molecule has 15 heavy (non-hydrogen) atoms. The first-order chi connectivity index (χ1) is 6.99. The summed E-state index contributed by atoms with van der Waals surface area (Å²) in [6, 6.07) is 2.82. The zero-order valence-corrected chi connectivity index (χ0v) is 9.77. The third kappa shape index (κ3) is 2.34. The number of carbonyl (C=O) groups is 1. The van der Waals surface area contributed by atoms with Gasteiger partial charge in [-0.15, -0.1) is 0 Å². The molecule has 0 amide bonds. The molecule has 0 spiro atoms. The predicted octanol–water partition coefficient (Wildman–Crippen LogP) is 3.60. The average molecular weight is 279 g/mol. The van der Waals surface area contributed by atoms with Gasteiger partial charge in [-0.1, -0.05) is 0 Å². The normalized spacial score (nSPS) is 10.5. The summed E-state index contributed by atoms with van der Waals surface area (Å²) in [5, 5.41) is 0. The Morgan fingerprint density at radius 2 is 2.07 bits per heavy atom. The molecular weight excluding hydrogens is 270 g/mol. The van der Waals surface area contributed by atoms with Gasteiger partial charge in [0.1, 0.15) is 5.75 Å². The van der Waals surface area contributed by atoms with Gasteiger partial charge >= 0.3 is 0 Å². The number of carbonyl (C=O) groups excluding carboxylic acids is 1. The number of rotatable bonds is 3. The number of methoxy groups -OCH3 is 1. The molecule has 1 aromatic rings. The molecule has 0 aliphatic heterocycles. The molecule has 1 rings (SSSR count). The molecule has 0 N–H and O–H groups in total. The molecule has 0 radical (unpaired) electrons. The summed E-state index contributed by atoms with van der Waals surface area (Å²) in [6.45, 7) is 1.25.